The molecule has 0 aliphatic carbocycles. The highest BCUT2D eigenvalue weighted by atomic mass is 19.1. The highest BCUT2D eigenvalue weighted by Crippen LogP contribution is 2.28. The average Bonchev–Trinajstić information content (AvgIpc) is 3.24. The third-order valence-electron chi connectivity index (χ3n) is 5.33. The fourth-order valence-electron chi connectivity index (χ4n) is 3.77. The maximum Gasteiger partial charge on any atom is 0.141 e. The average molecular weight is 348 g/mol. The number of hydrogen-bond acceptors (Lipinski definition) is 3. The van der Waals surface area contributed by atoms with E-state index in [1.54, 1.807) is 6.07 Å². The molecule has 1 atom stereocenters. The summed E-state index contributed by atoms with van der Waals surface area (Å²) in [7, 11) is 0. The van der Waals surface area contributed by atoms with E-state index < -0.39 is 5.82 Å². The van der Waals surface area contributed by atoms with E-state index in [1.165, 1.54) is 31.5 Å². The molecule has 0 saturated carbocycles. The first-order valence-corrected chi connectivity index (χ1v) is 9.10. The second-order valence-corrected chi connectivity index (χ2v) is 7.05. The van der Waals surface area contributed by atoms with E-state index in [4.69, 9.17) is 9.68 Å². The first kappa shape index (κ1) is 16.8. The van der Waals surface area contributed by atoms with E-state index in [9.17, 15) is 4.39 Å². The molecule has 2 aromatic carbocycles. The molecule has 0 amide bonds. The van der Waals surface area contributed by atoms with Crippen LogP contribution in [0.15, 0.2) is 46.9 Å². The van der Waals surface area contributed by atoms with Gasteiger partial charge in [0.15, 0.2) is 0 Å². The van der Waals surface area contributed by atoms with Crippen molar-refractivity contribution in [3.8, 4) is 17.2 Å². The van der Waals surface area contributed by atoms with Crippen LogP contribution in [0, 0.1) is 17.1 Å². The van der Waals surface area contributed by atoms with Gasteiger partial charge in [0.1, 0.15) is 23.2 Å². The van der Waals surface area contributed by atoms with Crippen molar-refractivity contribution in [1.82, 2.24) is 4.90 Å². The van der Waals surface area contributed by atoms with Gasteiger partial charge in [0.05, 0.1) is 5.56 Å². The Kier molecular flexibility index (Phi) is 4.48. The lowest BCUT2D eigenvalue weighted by Crippen LogP contribution is -2.28. The van der Waals surface area contributed by atoms with Gasteiger partial charge in [-0.1, -0.05) is 12.1 Å². The number of rotatable bonds is 4. The third-order valence-corrected chi connectivity index (χ3v) is 5.33. The van der Waals surface area contributed by atoms with Gasteiger partial charge in [-0.3, -0.25) is 0 Å². The summed E-state index contributed by atoms with van der Waals surface area (Å²) < 4.78 is 19.9. The lowest BCUT2D eigenvalue weighted by atomic mass is 10.0. The van der Waals surface area contributed by atoms with Gasteiger partial charge in [-0.05, 0) is 67.8 Å². The monoisotopic (exact) mass is 348 g/mol. The van der Waals surface area contributed by atoms with Crippen LogP contribution < -0.4 is 0 Å². The van der Waals surface area contributed by atoms with Crippen molar-refractivity contribution in [3.63, 3.8) is 0 Å². The zero-order valence-electron chi connectivity index (χ0n) is 14.8. The first-order chi connectivity index (χ1) is 12.6. The van der Waals surface area contributed by atoms with Gasteiger partial charge in [-0.2, -0.15) is 5.26 Å². The fraction of sp³-hybridized carbons (Fsp3) is 0.318. The molecular weight excluding hydrogens is 327 g/mol. The Bertz CT molecular complexity index is 985. The van der Waals surface area contributed by atoms with Crippen molar-refractivity contribution >= 4 is 11.0 Å². The summed E-state index contributed by atoms with van der Waals surface area (Å²) in [6, 6.07) is 15.2. The van der Waals surface area contributed by atoms with E-state index in [2.05, 4.69) is 17.9 Å². The van der Waals surface area contributed by atoms with E-state index in [-0.39, 0.29) is 5.56 Å². The molecule has 0 bridgehead atoms. The van der Waals surface area contributed by atoms with Crippen molar-refractivity contribution in [1.29, 1.82) is 5.26 Å². The smallest absolute Gasteiger partial charge is 0.141 e. The standard InChI is InChI=1S/C22H21FN2O/c1-15-3-2-9-25(15)10-8-20-12-19-11-16(6-7-22(19)26-20)17-4-5-18(14-24)21(23)13-17/h4-7,11-13,15H,2-3,8-10H2,1H3/t15-/m1/s1. The maximum absolute atomic E-state index is 13.9. The van der Waals surface area contributed by atoms with Crippen LogP contribution in [0.3, 0.4) is 0 Å². The number of fused-ring (bicyclic) bond motifs is 1. The van der Waals surface area contributed by atoms with Gasteiger partial charge in [0.2, 0.25) is 0 Å². The van der Waals surface area contributed by atoms with Crippen LogP contribution >= 0.6 is 0 Å². The molecule has 132 valence electrons. The lowest BCUT2D eigenvalue weighted by Gasteiger charge is -2.19. The van der Waals surface area contributed by atoms with Crippen LogP contribution in [0.25, 0.3) is 22.1 Å². The predicted molar refractivity (Wildman–Crippen MR) is 100 cm³/mol. The number of halogens is 1. The summed E-state index contributed by atoms with van der Waals surface area (Å²) in [6.45, 7) is 4.49. The summed E-state index contributed by atoms with van der Waals surface area (Å²) in [5.74, 6) is 0.500. The molecule has 3 aromatic rings. The summed E-state index contributed by atoms with van der Waals surface area (Å²) in [5, 5.41) is 9.89. The Morgan fingerprint density at radius 2 is 2.00 bits per heavy atom. The Balaban J connectivity index is 1.56. The van der Waals surface area contributed by atoms with E-state index in [1.807, 2.05) is 24.3 Å². The summed E-state index contributed by atoms with van der Waals surface area (Å²) in [6.07, 6.45) is 3.47. The molecule has 26 heavy (non-hydrogen) atoms. The first-order valence-electron chi connectivity index (χ1n) is 9.10. The second-order valence-electron chi connectivity index (χ2n) is 7.05. The highest BCUT2D eigenvalue weighted by Gasteiger charge is 2.20. The Morgan fingerprint density at radius 3 is 2.73 bits per heavy atom. The quantitative estimate of drug-likeness (QED) is 0.655. The van der Waals surface area contributed by atoms with Crippen LogP contribution in [-0.2, 0) is 6.42 Å². The zero-order valence-corrected chi connectivity index (χ0v) is 14.8. The second kappa shape index (κ2) is 6.93. The minimum atomic E-state index is -0.488. The van der Waals surface area contributed by atoms with Gasteiger partial charge >= 0.3 is 0 Å². The number of likely N-dealkylation sites (tertiary alicyclic amines) is 1. The van der Waals surface area contributed by atoms with Crippen molar-refractivity contribution < 1.29 is 8.81 Å². The maximum atomic E-state index is 13.9. The molecule has 1 aliphatic heterocycles. The fourth-order valence-corrected chi connectivity index (χ4v) is 3.77. The van der Waals surface area contributed by atoms with Crippen molar-refractivity contribution in [2.75, 3.05) is 13.1 Å². The van der Waals surface area contributed by atoms with Crippen molar-refractivity contribution in [2.45, 2.75) is 32.2 Å². The molecule has 1 fully saturated rings. The topological polar surface area (TPSA) is 40.2 Å². The number of benzene rings is 2. The largest absolute Gasteiger partial charge is 0.461 e. The zero-order chi connectivity index (χ0) is 18.1. The predicted octanol–water partition coefficient (Wildman–Crippen LogP) is 5.14. The van der Waals surface area contributed by atoms with Crippen LogP contribution in [-0.4, -0.2) is 24.0 Å². The molecular formula is C22H21FN2O. The van der Waals surface area contributed by atoms with Crippen molar-refractivity contribution in [2.24, 2.45) is 0 Å². The molecule has 0 N–H and O–H groups in total. The molecule has 0 radical (unpaired) electrons. The molecule has 0 spiro atoms. The number of nitriles is 1. The van der Waals surface area contributed by atoms with E-state index in [0.717, 1.165) is 40.8 Å². The minimum Gasteiger partial charge on any atom is -0.461 e. The van der Waals surface area contributed by atoms with Gasteiger partial charge in [-0.25, -0.2) is 4.39 Å². The van der Waals surface area contributed by atoms with Crippen molar-refractivity contribution in [3.05, 3.63) is 59.6 Å². The number of nitrogens with zero attached hydrogens (tertiary/aromatic N) is 2. The summed E-state index contributed by atoms with van der Waals surface area (Å²) in [5.41, 5.74) is 2.60. The normalized spacial score (nSPS) is 17.7. The molecule has 1 saturated heterocycles. The Hall–Kier alpha value is -2.64. The van der Waals surface area contributed by atoms with Crippen LogP contribution in [0.4, 0.5) is 4.39 Å². The molecule has 3 nitrogen and oxygen atoms in total. The summed E-state index contributed by atoms with van der Waals surface area (Å²) >= 11 is 0. The lowest BCUT2D eigenvalue weighted by molar-refractivity contribution is 0.266. The molecule has 0 unspecified atom stereocenters. The number of furan rings is 1. The molecule has 1 aliphatic rings. The van der Waals surface area contributed by atoms with E-state index in [0.29, 0.717) is 6.04 Å². The Morgan fingerprint density at radius 1 is 1.19 bits per heavy atom. The molecule has 1 aromatic heterocycles. The molecule has 4 rings (SSSR count). The minimum absolute atomic E-state index is 0.0663. The van der Waals surface area contributed by atoms with Crippen LogP contribution in [0.2, 0.25) is 0 Å². The van der Waals surface area contributed by atoms with Gasteiger partial charge < -0.3 is 9.32 Å². The van der Waals surface area contributed by atoms with Gasteiger partial charge in [0.25, 0.3) is 0 Å². The Labute approximate surface area is 152 Å². The highest BCUT2D eigenvalue weighted by molar-refractivity contribution is 5.84. The van der Waals surface area contributed by atoms with E-state index >= 15 is 0 Å². The molecule has 2 heterocycles. The molecule has 4 heteroatoms. The van der Waals surface area contributed by atoms with Gasteiger partial charge in [-0.15, -0.1) is 0 Å². The SMILES string of the molecule is C[C@@H]1CCCN1CCc1cc2cc(-c3ccc(C#N)c(F)c3)ccc2o1. The van der Waals surface area contributed by atoms with Crippen LogP contribution in [0.5, 0.6) is 0 Å². The van der Waals surface area contributed by atoms with Crippen LogP contribution in [0.1, 0.15) is 31.1 Å². The van der Waals surface area contributed by atoms with Gasteiger partial charge in [0, 0.05) is 24.4 Å². The third kappa shape index (κ3) is 3.23. The number of hydrogen-bond donors (Lipinski definition) is 0. The summed E-state index contributed by atoms with van der Waals surface area (Å²) in [4.78, 5) is 2.51.